The van der Waals surface area contributed by atoms with Crippen molar-refractivity contribution in [3.8, 4) is 0 Å². The van der Waals surface area contributed by atoms with E-state index < -0.39 is 78.5 Å². The van der Waals surface area contributed by atoms with Crippen LogP contribution in [0.15, 0.2) is 53.5 Å². The summed E-state index contributed by atoms with van der Waals surface area (Å²) < 4.78 is 55.8. The number of hydrazine groups is 1. The molecule has 248 valence electrons. The number of rotatable bonds is 13. The molecular formula is C32H37F4N5O5. The van der Waals surface area contributed by atoms with E-state index in [9.17, 15) is 37.5 Å². The summed E-state index contributed by atoms with van der Waals surface area (Å²) in [5, 5.41) is 14.3. The first-order valence-corrected chi connectivity index (χ1v) is 15.0. The summed E-state index contributed by atoms with van der Waals surface area (Å²) in [6, 6.07) is 10.9. The summed E-state index contributed by atoms with van der Waals surface area (Å²) in [4.78, 5) is 57.5. The lowest BCUT2D eigenvalue weighted by Gasteiger charge is -2.38. The highest BCUT2D eigenvalue weighted by molar-refractivity contribution is 6.20. The SMILES string of the molecule is CC(C)[C@@H](C(=O)O)N(C)N1C(=O)[C@@H](NC(=O)[C@H](CCC(F)(F)F)[C@H](CC2CC2)C(N)=O)N=C(c2ccccc2)c2cccc(F)c21. The van der Waals surface area contributed by atoms with Crippen LogP contribution in [-0.2, 0) is 19.2 Å². The maximum absolute atomic E-state index is 15.8. The number of carboxylic acids is 1. The van der Waals surface area contributed by atoms with E-state index >= 15 is 4.39 Å². The summed E-state index contributed by atoms with van der Waals surface area (Å²) in [6.07, 6.45) is -7.03. The Balaban J connectivity index is 1.85. The van der Waals surface area contributed by atoms with E-state index in [0.29, 0.717) is 5.56 Å². The minimum absolute atomic E-state index is 0.0338. The van der Waals surface area contributed by atoms with E-state index in [0.717, 1.165) is 28.9 Å². The molecule has 1 aliphatic heterocycles. The minimum atomic E-state index is -4.64. The van der Waals surface area contributed by atoms with Crippen molar-refractivity contribution in [1.29, 1.82) is 0 Å². The summed E-state index contributed by atoms with van der Waals surface area (Å²) in [6.45, 7) is 3.19. The van der Waals surface area contributed by atoms with Crippen LogP contribution in [-0.4, -0.2) is 64.9 Å². The van der Waals surface area contributed by atoms with Crippen LogP contribution in [0, 0.1) is 29.5 Å². The van der Waals surface area contributed by atoms with Crippen molar-refractivity contribution in [2.24, 2.45) is 34.4 Å². The molecule has 0 spiro atoms. The number of nitrogens with zero attached hydrogens (tertiary/aromatic N) is 3. The van der Waals surface area contributed by atoms with Crippen molar-refractivity contribution >= 4 is 35.1 Å². The number of hydrogen-bond acceptors (Lipinski definition) is 6. The summed E-state index contributed by atoms with van der Waals surface area (Å²) in [5.41, 5.74) is 5.86. The number of halogens is 4. The second-order valence-electron chi connectivity index (χ2n) is 12.1. The quantitative estimate of drug-likeness (QED) is 0.277. The first kappa shape index (κ1) is 34.5. The van der Waals surface area contributed by atoms with Gasteiger partial charge in [-0.2, -0.15) is 13.2 Å². The Kier molecular flexibility index (Phi) is 10.5. The standard InChI is InChI=1S/C32H37F4N5O5/c1-17(2)25(31(45)46)40(3)41-26-21(10-7-11-23(26)33)24(19-8-5-4-6-9-19)38-28(30(41)44)39-29(43)20(14-15-32(34,35)36)22(27(37)42)16-18-12-13-18/h4-11,17-18,20,22,25,28H,12-16H2,1-3H3,(H2,37,42)(H,39,43)(H,45,46)/t20-,22+,25+,28-/m1/s1. The van der Waals surface area contributed by atoms with Crippen molar-refractivity contribution in [2.45, 2.75) is 64.3 Å². The molecule has 0 unspecified atom stereocenters. The van der Waals surface area contributed by atoms with Crippen LogP contribution >= 0.6 is 0 Å². The van der Waals surface area contributed by atoms with Gasteiger partial charge in [-0.15, -0.1) is 0 Å². The number of amides is 3. The number of nitrogens with two attached hydrogens (primary N) is 1. The number of nitrogens with one attached hydrogen (secondary N) is 1. The average molecular weight is 648 g/mol. The van der Waals surface area contributed by atoms with Crippen LogP contribution in [0.4, 0.5) is 23.2 Å². The van der Waals surface area contributed by atoms with Gasteiger partial charge in [-0.1, -0.05) is 69.2 Å². The number of aliphatic carboxylic acids is 1. The molecule has 46 heavy (non-hydrogen) atoms. The van der Waals surface area contributed by atoms with Gasteiger partial charge in [0, 0.05) is 36.4 Å². The largest absolute Gasteiger partial charge is 0.480 e. The zero-order valence-corrected chi connectivity index (χ0v) is 25.6. The first-order valence-electron chi connectivity index (χ1n) is 15.0. The molecule has 0 saturated heterocycles. The van der Waals surface area contributed by atoms with Gasteiger partial charge in [-0.25, -0.2) is 19.4 Å². The van der Waals surface area contributed by atoms with Gasteiger partial charge < -0.3 is 16.2 Å². The molecule has 4 rings (SSSR count). The molecule has 2 aromatic rings. The number of carbonyl (C=O) groups is 4. The number of hydrogen-bond donors (Lipinski definition) is 3. The van der Waals surface area contributed by atoms with Crippen molar-refractivity contribution in [2.75, 3.05) is 12.1 Å². The normalized spacial score (nSPS) is 18.8. The number of fused-ring (bicyclic) bond motifs is 1. The van der Waals surface area contributed by atoms with Gasteiger partial charge in [-0.3, -0.25) is 19.2 Å². The van der Waals surface area contributed by atoms with Gasteiger partial charge in [0.2, 0.25) is 18.0 Å². The molecule has 4 N–H and O–H groups in total. The highest BCUT2D eigenvalue weighted by atomic mass is 19.4. The Hall–Kier alpha value is -4.33. The number of likely N-dealkylation sites (N-methyl/N-ethyl adjacent to an activating group) is 1. The average Bonchev–Trinajstić information content (AvgIpc) is 3.80. The number of para-hydroxylation sites is 1. The molecule has 2 aliphatic rings. The van der Waals surface area contributed by atoms with Crippen LogP contribution in [0.25, 0.3) is 0 Å². The smallest absolute Gasteiger partial charge is 0.389 e. The lowest BCUT2D eigenvalue weighted by atomic mass is 9.83. The van der Waals surface area contributed by atoms with Crippen molar-refractivity contribution in [3.63, 3.8) is 0 Å². The third kappa shape index (κ3) is 7.90. The summed E-state index contributed by atoms with van der Waals surface area (Å²) in [5.74, 6) is -8.59. The third-order valence-corrected chi connectivity index (χ3v) is 8.29. The summed E-state index contributed by atoms with van der Waals surface area (Å²) in [7, 11) is 1.28. The molecule has 1 aliphatic carbocycles. The molecule has 3 amide bonds. The van der Waals surface area contributed by atoms with Gasteiger partial charge in [0.15, 0.2) is 0 Å². The predicted molar refractivity (Wildman–Crippen MR) is 161 cm³/mol. The molecule has 4 atom stereocenters. The fraction of sp³-hybridized carbons (Fsp3) is 0.469. The number of aliphatic imine (C=N–C) groups is 1. The maximum Gasteiger partial charge on any atom is 0.389 e. The second-order valence-corrected chi connectivity index (χ2v) is 12.1. The Labute approximate surface area is 263 Å². The number of benzene rings is 2. The highest BCUT2D eigenvalue weighted by Crippen LogP contribution is 2.40. The van der Waals surface area contributed by atoms with Crippen molar-refractivity contribution in [1.82, 2.24) is 10.3 Å². The maximum atomic E-state index is 15.8. The third-order valence-electron chi connectivity index (χ3n) is 8.29. The molecule has 1 saturated carbocycles. The molecule has 0 aromatic heterocycles. The fourth-order valence-electron chi connectivity index (χ4n) is 5.90. The van der Waals surface area contributed by atoms with Gasteiger partial charge in [0.1, 0.15) is 17.5 Å². The molecule has 2 aromatic carbocycles. The molecule has 1 heterocycles. The van der Waals surface area contributed by atoms with Crippen LogP contribution in [0.1, 0.15) is 57.1 Å². The first-order chi connectivity index (χ1) is 21.6. The van der Waals surface area contributed by atoms with E-state index in [1.807, 2.05) is 0 Å². The van der Waals surface area contributed by atoms with E-state index in [4.69, 9.17) is 5.73 Å². The number of carbonyl (C=O) groups excluding carboxylic acids is 3. The molecule has 0 bridgehead atoms. The van der Waals surface area contributed by atoms with Crippen molar-refractivity contribution < 1.29 is 41.8 Å². The van der Waals surface area contributed by atoms with E-state index in [1.165, 1.54) is 19.2 Å². The van der Waals surface area contributed by atoms with Gasteiger partial charge in [0.25, 0.3) is 5.91 Å². The van der Waals surface area contributed by atoms with E-state index in [-0.39, 0.29) is 29.3 Å². The van der Waals surface area contributed by atoms with Gasteiger partial charge in [0.05, 0.1) is 5.71 Å². The Morgan fingerprint density at radius 3 is 2.28 bits per heavy atom. The molecule has 1 fully saturated rings. The van der Waals surface area contributed by atoms with E-state index in [1.54, 1.807) is 44.2 Å². The molecular weight excluding hydrogens is 610 g/mol. The van der Waals surface area contributed by atoms with E-state index in [2.05, 4.69) is 10.3 Å². The van der Waals surface area contributed by atoms with Crippen LogP contribution in [0.2, 0.25) is 0 Å². The monoisotopic (exact) mass is 647 g/mol. The lowest BCUT2D eigenvalue weighted by molar-refractivity contribution is -0.148. The Bertz CT molecular complexity index is 1500. The zero-order chi connectivity index (χ0) is 33.9. The van der Waals surface area contributed by atoms with Crippen LogP contribution in [0.3, 0.4) is 0 Å². The van der Waals surface area contributed by atoms with Gasteiger partial charge in [-0.05, 0) is 30.7 Å². The second kappa shape index (κ2) is 14.0. The lowest BCUT2D eigenvalue weighted by Crippen LogP contribution is -2.59. The number of benzodiazepines with no additional fused rings is 1. The number of anilines is 1. The Morgan fingerprint density at radius 2 is 1.74 bits per heavy atom. The summed E-state index contributed by atoms with van der Waals surface area (Å²) >= 11 is 0. The number of primary amides is 1. The number of carboxylic acid groups (broad SMARTS) is 1. The highest BCUT2D eigenvalue weighted by Gasteiger charge is 2.44. The van der Waals surface area contributed by atoms with Crippen LogP contribution < -0.4 is 16.1 Å². The predicted octanol–water partition coefficient (Wildman–Crippen LogP) is 4.27. The molecule has 14 heteroatoms. The van der Waals surface area contributed by atoms with Gasteiger partial charge >= 0.3 is 12.1 Å². The fourth-order valence-corrected chi connectivity index (χ4v) is 5.90. The minimum Gasteiger partial charge on any atom is -0.480 e. The van der Waals surface area contributed by atoms with Crippen molar-refractivity contribution in [3.05, 3.63) is 65.5 Å². The number of alkyl halides is 3. The molecule has 0 radical (unpaired) electrons. The van der Waals surface area contributed by atoms with Crippen LogP contribution in [0.5, 0.6) is 0 Å². The zero-order valence-electron chi connectivity index (χ0n) is 25.6. The topological polar surface area (TPSA) is 145 Å². The molecule has 10 nitrogen and oxygen atoms in total. The Morgan fingerprint density at radius 1 is 1.09 bits per heavy atom.